The molecule has 3 amide bonds. The van der Waals surface area contributed by atoms with Crippen molar-refractivity contribution in [3.63, 3.8) is 0 Å². The molecule has 1 aromatic heterocycles. The molecule has 1 rings (SSSR count). The Morgan fingerprint density at radius 1 is 0.619 bits per heavy atom. The third-order valence-corrected chi connectivity index (χ3v) is 9.85. The highest BCUT2D eigenvalue weighted by atomic mass is 16.5. The monoisotopic (exact) mass is 899 g/mol. The molecule has 0 radical (unpaired) electrons. The van der Waals surface area contributed by atoms with Gasteiger partial charge in [-0.1, -0.05) is 89.2 Å². The fourth-order valence-corrected chi connectivity index (χ4v) is 6.24. The van der Waals surface area contributed by atoms with E-state index in [1.165, 1.54) is 19.3 Å². The van der Waals surface area contributed by atoms with E-state index in [1.807, 2.05) is 0 Å². The van der Waals surface area contributed by atoms with Gasteiger partial charge in [0.25, 0.3) is 0 Å². The molecule has 0 aliphatic rings. The Morgan fingerprint density at radius 2 is 1.24 bits per heavy atom. The minimum atomic E-state index is -1.18. The Balaban J connectivity index is 1.92. The second-order valence-electron chi connectivity index (χ2n) is 15.5. The smallest absolute Gasteiger partial charge is 0.407 e. The first-order valence-corrected chi connectivity index (χ1v) is 23.2. The van der Waals surface area contributed by atoms with Gasteiger partial charge in [0.2, 0.25) is 11.8 Å². The van der Waals surface area contributed by atoms with Crippen LogP contribution in [0.3, 0.4) is 0 Å². The number of nitrogens with one attached hydrogen (secondary N) is 3. The number of aromatic nitrogens is 3. The molecule has 1 heterocycles. The molecule has 0 aliphatic carbocycles. The molecule has 63 heavy (non-hydrogen) atoms. The van der Waals surface area contributed by atoms with E-state index >= 15 is 0 Å². The summed E-state index contributed by atoms with van der Waals surface area (Å²) in [5.74, 6) is -2.62. The summed E-state index contributed by atoms with van der Waals surface area (Å²) in [7, 11) is 0. The number of alkyl carbamates (subject to hydrolysis) is 1. The molecule has 0 saturated carbocycles. The molecule has 1 atom stereocenters. The average Bonchev–Trinajstić information content (AvgIpc) is 3.71. The molecule has 1 aromatic rings. The summed E-state index contributed by atoms with van der Waals surface area (Å²) in [6, 6.07) is -1.14. The van der Waals surface area contributed by atoms with Crippen LogP contribution in [0.5, 0.6) is 0 Å². The number of carbonyl (C=O) groups is 6. The van der Waals surface area contributed by atoms with Crippen molar-refractivity contribution in [2.45, 2.75) is 161 Å². The molecule has 19 heteroatoms. The summed E-state index contributed by atoms with van der Waals surface area (Å²) < 4.78 is 28.7. The van der Waals surface area contributed by atoms with Crippen LogP contribution in [0, 0.1) is 0 Å². The number of carboxylic acid groups (broad SMARTS) is 2. The van der Waals surface area contributed by atoms with Crippen LogP contribution in [-0.4, -0.2) is 139 Å². The van der Waals surface area contributed by atoms with Crippen molar-refractivity contribution in [3.8, 4) is 0 Å². The largest absolute Gasteiger partial charge is 0.481 e. The number of ether oxygens (including phenoxy) is 5. The van der Waals surface area contributed by atoms with Gasteiger partial charge in [0.05, 0.1) is 58.5 Å². The normalized spacial score (nSPS) is 11.6. The van der Waals surface area contributed by atoms with Gasteiger partial charge in [-0.25, -0.2) is 14.3 Å². The number of carbonyl (C=O) groups excluding carboxylic acids is 4. The molecular formula is C44H78N6O13. The Morgan fingerprint density at radius 3 is 1.89 bits per heavy atom. The van der Waals surface area contributed by atoms with Gasteiger partial charge in [0.1, 0.15) is 12.6 Å². The number of amides is 3. The van der Waals surface area contributed by atoms with Crippen molar-refractivity contribution in [2.75, 3.05) is 72.6 Å². The second-order valence-corrected chi connectivity index (χ2v) is 15.5. The van der Waals surface area contributed by atoms with Gasteiger partial charge in [-0.2, -0.15) is 0 Å². The molecule has 19 nitrogen and oxygen atoms in total. The van der Waals surface area contributed by atoms with Crippen molar-refractivity contribution in [1.82, 2.24) is 30.9 Å². The van der Waals surface area contributed by atoms with Crippen LogP contribution < -0.4 is 16.0 Å². The SMILES string of the molecule is CCCCCNC(=O)OCCc1cn(CCOCCOCCCC(=O)COCCOCCNC(=O)CCC(NC(=O)CCCCCCCCCCCCCCC(=O)O)C(=O)O)nn1. The van der Waals surface area contributed by atoms with Crippen LogP contribution in [0.15, 0.2) is 6.20 Å². The van der Waals surface area contributed by atoms with Crippen LogP contribution >= 0.6 is 0 Å². The Bertz CT molecular complexity index is 1370. The lowest BCUT2D eigenvalue weighted by molar-refractivity contribution is -0.142. The lowest BCUT2D eigenvalue weighted by Gasteiger charge is -2.14. The van der Waals surface area contributed by atoms with Crippen molar-refractivity contribution in [2.24, 2.45) is 0 Å². The molecule has 0 aromatic carbocycles. The van der Waals surface area contributed by atoms with Crippen molar-refractivity contribution >= 4 is 35.6 Å². The van der Waals surface area contributed by atoms with E-state index in [1.54, 1.807) is 10.9 Å². The first-order valence-electron chi connectivity index (χ1n) is 23.2. The van der Waals surface area contributed by atoms with E-state index in [9.17, 15) is 33.9 Å². The molecule has 0 saturated heterocycles. The number of carboxylic acids is 2. The Kier molecular flexibility index (Phi) is 36.6. The van der Waals surface area contributed by atoms with Gasteiger partial charge in [0, 0.05) is 58.0 Å². The molecule has 362 valence electrons. The van der Waals surface area contributed by atoms with Gasteiger partial charge >= 0.3 is 18.0 Å². The minimum absolute atomic E-state index is 0.0203. The van der Waals surface area contributed by atoms with Crippen LogP contribution in [0.25, 0.3) is 0 Å². The van der Waals surface area contributed by atoms with Crippen LogP contribution in [0.2, 0.25) is 0 Å². The maximum Gasteiger partial charge on any atom is 0.407 e. The number of hydrogen-bond donors (Lipinski definition) is 5. The average molecular weight is 899 g/mol. The third kappa shape index (κ3) is 36.9. The van der Waals surface area contributed by atoms with E-state index in [-0.39, 0.29) is 82.9 Å². The molecule has 0 bridgehead atoms. The quantitative estimate of drug-likeness (QED) is 0.0530. The number of Topliss-reactive ketones (excluding diaryl/α,β-unsaturated/α-hetero) is 1. The van der Waals surface area contributed by atoms with Crippen LogP contribution in [-0.2, 0) is 60.6 Å². The lowest BCUT2D eigenvalue weighted by atomic mass is 10.0. The van der Waals surface area contributed by atoms with Crippen molar-refractivity contribution in [3.05, 3.63) is 11.9 Å². The molecule has 5 N–H and O–H groups in total. The zero-order valence-corrected chi connectivity index (χ0v) is 37.9. The summed E-state index contributed by atoms with van der Waals surface area (Å²) in [6.45, 7) is 6.00. The molecular weight excluding hydrogens is 821 g/mol. The highest BCUT2D eigenvalue weighted by Crippen LogP contribution is 2.13. The fourth-order valence-electron chi connectivity index (χ4n) is 6.24. The zero-order chi connectivity index (χ0) is 46.0. The summed E-state index contributed by atoms with van der Waals surface area (Å²) in [5, 5.41) is 34.2. The predicted octanol–water partition coefficient (Wildman–Crippen LogP) is 5.16. The lowest BCUT2D eigenvalue weighted by Crippen LogP contribution is -2.41. The number of ketones is 1. The topological polar surface area (TPSA) is 256 Å². The maximum atomic E-state index is 12.3. The number of aliphatic carboxylic acids is 2. The predicted molar refractivity (Wildman–Crippen MR) is 234 cm³/mol. The van der Waals surface area contributed by atoms with Crippen molar-refractivity contribution in [1.29, 1.82) is 0 Å². The van der Waals surface area contributed by atoms with E-state index < -0.39 is 24.1 Å². The van der Waals surface area contributed by atoms with E-state index in [4.69, 9.17) is 28.8 Å². The number of rotatable bonds is 45. The number of hydrogen-bond acceptors (Lipinski definition) is 13. The van der Waals surface area contributed by atoms with Gasteiger partial charge in [-0.05, 0) is 32.1 Å². The van der Waals surface area contributed by atoms with Gasteiger partial charge in [-0.15, -0.1) is 5.10 Å². The molecule has 1 unspecified atom stereocenters. The third-order valence-electron chi connectivity index (χ3n) is 9.85. The van der Waals surface area contributed by atoms with Crippen LogP contribution in [0.1, 0.15) is 147 Å². The highest BCUT2D eigenvalue weighted by molar-refractivity contribution is 5.84. The van der Waals surface area contributed by atoms with E-state index in [0.29, 0.717) is 65.2 Å². The van der Waals surface area contributed by atoms with E-state index in [2.05, 4.69) is 33.2 Å². The number of unbranched alkanes of at least 4 members (excludes halogenated alkanes) is 13. The minimum Gasteiger partial charge on any atom is -0.481 e. The highest BCUT2D eigenvalue weighted by Gasteiger charge is 2.21. The van der Waals surface area contributed by atoms with Crippen molar-refractivity contribution < 1.29 is 62.7 Å². The summed E-state index contributed by atoms with van der Waals surface area (Å²) in [6.07, 6.45) is 18.6. The van der Waals surface area contributed by atoms with Gasteiger partial charge in [-0.3, -0.25) is 19.2 Å². The summed E-state index contributed by atoms with van der Waals surface area (Å²) in [5.41, 5.74) is 0.726. The van der Waals surface area contributed by atoms with Crippen LogP contribution in [0.4, 0.5) is 4.79 Å². The fraction of sp³-hybridized carbons (Fsp3) is 0.818. The van der Waals surface area contributed by atoms with Gasteiger partial charge in [0.15, 0.2) is 5.78 Å². The molecule has 0 fully saturated rings. The zero-order valence-electron chi connectivity index (χ0n) is 37.9. The Hall–Kier alpha value is -4.20. The Labute approximate surface area is 373 Å². The second kappa shape index (κ2) is 40.6. The summed E-state index contributed by atoms with van der Waals surface area (Å²) in [4.78, 5) is 70.4. The molecule has 0 spiro atoms. The maximum absolute atomic E-state index is 12.3. The standard InChI is InChI=1S/C44H78N6O13/c1-2-3-16-24-46-44(58)63-28-23-37-35-50(49-48-37)26-30-61-32-31-59-27-17-18-38(51)36-62-34-33-60-29-25-45-40(52)22-21-39(43(56)57)47-41(53)19-14-12-10-8-6-4-5-7-9-11-13-15-20-42(54)55/h35,39H,2-34,36H2,1H3,(H,45,52)(H,46,58)(H,47,53)(H,54,55)(H,56,57). The van der Waals surface area contributed by atoms with E-state index in [0.717, 1.165) is 76.3 Å². The summed E-state index contributed by atoms with van der Waals surface area (Å²) >= 11 is 0. The first-order chi connectivity index (χ1) is 30.6. The molecule has 0 aliphatic heterocycles. The van der Waals surface area contributed by atoms with Gasteiger partial charge < -0.3 is 49.8 Å². The first kappa shape index (κ1) is 56.8. The number of nitrogens with zero attached hydrogens (tertiary/aromatic N) is 3.